The lowest BCUT2D eigenvalue weighted by atomic mass is 9.49. The fraction of sp³-hybridized carbons (Fsp3) is 0.941. The molecule has 2 N–H and O–H groups in total. The number of nitrogens with zero attached hydrogens (tertiary/aromatic N) is 1. The number of hydrogen-bond acceptors (Lipinski definition) is 2. The van der Waals surface area contributed by atoms with Crippen LogP contribution in [0, 0.1) is 28.6 Å². The Labute approximate surface area is 135 Å². The van der Waals surface area contributed by atoms with E-state index in [0.717, 1.165) is 43.6 Å². The summed E-state index contributed by atoms with van der Waals surface area (Å²) in [5.41, 5.74) is 5.84. The van der Waals surface area contributed by atoms with Crippen LogP contribution in [0.3, 0.4) is 0 Å². The Kier molecular flexibility index (Phi) is 4.66. The van der Waals surface area contributed by atoms with Crippen LogP contribution in [-0.2, 0) is 4.79 Å². The number of amides is 1. The smallest absolute Gasteiger partial charge is 0.228 e. The Balaban J connectivity index is 0.00000161. The molecular formula is C17H31ClN2O. The van der Waals surface area contributed by atoms with Crippen molar-refractivity contribution >= 4 is 18.3 Å². The molecule has 0 spiro atoms. The van der Waals surface area contributed by atoms with E-state index in [2.05, 4.69) is 13.8 Å². The third kappa shape index (κ3) is 3.10. The Bertz CT molecular complexity index is 372. The maximum absolute atomic E-state index is 13.1. The quantitative estimate of drug-likeness (QED) is 0.867. The first-order valence-electron chi connectivity index (χ1n) is 8.29. The third-order valence-electron chi connectivity index (χ3n) is 6.06. The lowest BCUT2D eigenvalue weighted by molar-refractivity contribution is -0.157. The van der Waals surface area contributed by atoms with Gasteiger partial charge in [-0.05, 0) is 68.2 Å². The maximum atomic E-state index is 13.1. The van der Waals surface area contributed by atoms with Gasteiger partial charge in [-0.25, -0.2) is 0 Å². The van der Waals surface area contributed by atoms with Gasteiger partial charge in [0.25, 0.3) is 0 Å². The summed E-state index contributed by atoms with van der Waals surface area (Å²) < 4.78 is 0. The van der Waals surface area contributed by atoms with Gasteiger partial charge < -0.3 is 10.6 Å². The van der Waals surface area contributed by atoms with Crippen molar-refractivity contribution in [2.24, 2.45) is 34.3 Å². The summed E-state index contributed by atoms with van der Waals surface area (Å²) in [4.78, 5) is 15.1. The van der Waals surface area contributed by atoms with Crippen LogP contribution in [0.2, 0.25) is 0 Å². The number of hydrogen-bond donors (Lipinski definition) is 1. The van der Waals surface area contributed by atoms with Crippen LogP contribution in [-0.4, -0.2) is 30.9 Å². The van der Waals surface area contributed by atoms with Crippen molar-refractivity contribution in [3.05, 3.63) is 0 Å². The van der Waals surface area contributed by atoms with Gasteiger partial charge in [-0.15, -0.1) is 12.4 Å². The first-order valence-corrected chi connectivity index (χ1v) is 8.29. The normalized spacial score (nSPS) is 37.2. The van der Waals surface area contributed by atoms with Crippen LogP contribution >= 0.6 is 12.4 Å². The zero-order valence-corrected chi connectivity index (χ0v) is 14.5. The SMILES string of the molecule is CN(CC(C)(C)CN)C(=O)C12CC3CC(CC(C3)C1)C2.Cl. The topological polar surface area (TPSA) is 46.3 Å². The van der Waals surface area contributed by atoms with Gasteiger partial charge in [0.2, 0.25) is 5.91 Å². The minimum absolute atomic E-state index is 0. The Hall–Kier alpha value is -0.280. The van der Waals surface area contributed by atoms with Gasteiger partial charge in [0, 0.05) is 13.6 Å². The number of rotatable bonds is 4. The predicted molar refractivity (Wildman–Crippen MR) is 88.3 cm³/mol. The molecule has 4 bridgehead atoms. The van der Waals surface area contributed by atoms with Crippen LogP contribution in [0.1, 0.15) is 52.4 Å². The molecule has 4 saturated carbocycles. The van der Waals surface area contributed by atoms with E-state index in [9.17, 15) is 4.79 Å². The minimum atomic E-state index is -0.00578. The van der Waals surface area contributed by atoms with Crippen molar-refractivity contribution in [2.45, 2.75) is 52.4 Å². The Morgan fingerprint density at radius 3 is 1.95 bits per heavy atom. The highest BCUT2D eigenvalue weighted by molar-refractivity contribution is 5.85. The van der Waals surface area contributed by atoms with E-state index < -0.39 is 0 Å². The molecule has 0 aromatic rings. The molecule has 122 valence electrons. The van der Waals surface area contributed by atoms with Crippen LogP contribution in [0.15, 0.2) is 0 Å². The molecule has 0 aliphatic heterocycles. The van der Waals surface area contributed by atoms with Gasteiger partial charge in [-0.1, -0.05) is 13.8 Å². The molecule has 4 aliphatic carbocycles. The molecule has 0 saturated heterocycles. The lowest BCUT2D eigenvalue weighted by Crippen LogP contribution is -2.55. The minimum Gasteiger partial charge on any atom is -0.345 e. The molecule has 4 rings (SSSR count). The summed E-state index contributed by atoms with van der Waals surface area (Å²) >= 11 is 0. The van der Waals surface area contributed by atoms with Crippen molar-refractivity contribution in [3.8, 4) is 0 Å². The molecule has 0 unspecified atom stereocenters. The molecule has 0 heterocycles. The molecule has 21 heavy (non-hydrogen) atoms. The second-order valence-electron chi connectivity index (χ2n) is 8.73. The van der Waals surface area contributed by atoms with Crippen LogP contribution in [0.5, 0.6) is 0 Å². The highest BCUT2D eigenvalue weighted by Gasteiger charge is 2.55. The number of nitrogens with two attached hydrogens (primary N) is 1. The van der Waals surface area contributed by atoms with Gasteiger partial charge >= 0.3 is 0 Å². The average Bonchev–Trinajstić information content (AvgIpc) is 2.35. The van der Waals surface area contributed by atoms with Crippen molar-refractivity contribution in [2.75, 3.05) is 20.1 Å². The van der Waals surface area contributed by atoms with Gasteiger partial charge in [-0.2, -0.15) is 0 Å². The Morgan fingerprint density at radius 2 is 1.57 bits per heavy atom. The fourth-order valence-electron chi connectivity index (χ4n) is 5.56. The third-order valence-corrected chi connectivity index (χ3v) is 6.06. The van der Waals surface area contributed by atoms with Crippen molar-refractivity contribution in [1.82, 2.24) is 4.90 Å². The first-order chi connectivity index (χ1) is 9.33. The maximum Gasteiger partial charge on any atom is 0.228 e. The van der Waals surface area contributed by atoms with Gasteiger partial charge in [0.15, 0.2) is 0 Å². The highest BCUT2D eigenvalue weighted by atomic mass is 35.5. The highest BCUT2D eigenvalue weighted by Crippen LogP contribution is 2.60. The number of carbonyl (C=O) groups excluding carboxylic acids is 1. The molecule has 1 amide bonds. The van der Waals surface area contributed by atoms with Crippen LogP contribution in [0.25, 0.3) is 0 Å². The average molecular weight is 315 g/mol. The van der Waals surface area contributed by atoms with Crippen molar-refractivity contribution in [3.63, 3.8) is 0 Å². The zero-order valence-electron chi connectivity index (χ0n) is 13.7. The number of carbonyl (C=O) groups is 1. The molecule has 0 atom stereocenters. The fourth-order valence-corrected chi connectivity index (χ4v) is 5.56. The summed E-state index contributed by atoms with van der Waals surface area (Å²) in [6, 6.07) is 0. The molecule has 4 aliphatic rings. The molecule has 0 aromatic heterocycles. The standard InChI is InChI=1S/C17H30N2O.ClH/c1-16(2,10-18)11-19(3)15(20)17-7-12-4-13(8-17)6-14(5-12)9-17;/h12-14H,4-11,18H2,1-3H3;1H. The molecule has 3 nitrogen and oxygen atoms in total. The molecule has 4 fully saturated rings. The first kappa shape index (κ1) is 17.1. The molecule has 0 aromatic carbocycles. The Morgan fingerprint density at radius 1 is 1.14 bits per heavy atom. The second kappa shape index (κ2) is 5.73. The largest absolute Gasteiger partial charge is 0.345 e. The van der Waals surface area contributed by atoms with Crippen LogP contribution in [0.4, 0.5) is 0 Å². The second-order valence-corrected chi connectivity index (χ2v) is 8.73. The predicted octanol–water partition coefficient (Wildman–Crippen LogP) is 3.07. The van der Waals surface area contributed by atoms with Crippen LogP contribution < -0.4 is 5.73 Å². The summed E-state index contributed by atoms with van der Waals surface area (Å²) in [5.74, 6) is 2.92. The van der Waals surface area contributed by atoms with E-state index in [-0.39, 0.29) is 23.2 Å². The van der Waals surface area contributed by atoms with Crippen molar-refractivity contribution in [1.29, 1.82) is 0 Å². The summed E-state index contributed by atoms with van der Waals surface area (Å²) in [6.07, 6.45) is 7.65. The summed E-state index contributed by atoms with van der Waals surface area (Å²) in [5, 5.41) is 0. The number of halogens is 1. The summed E-state index contributed by atoms with van der Waals surface area (Å²) in [7, 11) is 1.98. The summed E-state index contributed by atoms with van der Waals surface area (Å²) in [6.45, 7) is 5.71. The van der Waals surface area contributed by atoms with Gasteiger partial charge in [0.1, 0.15) is 0 Å². The molecule has 0 radical (unpaired) electrons. The monoisotopic (exact) mass is 314 g/mol. The van der Waals surface area contributed by atoms with Gasteiger partial charge in [0.05, 0.1) is 5.41 Å². The molecular weight excluding hydrogens is 284 g/mol. The van der Waals surface area contributed by atoms with E-state index in [0.29, 0.717) is 12.5 Å². The van der Waals surface area contributed by atoms with E-state index in [1.54, 1.807) is 0 Å². The zero-order chi connectivity index (χ0) is 14.5. The molecule has 4 heteroatoms. The lowest BCUT2D eigenvalue weighted by Gasteiger charge is -2.56. The van der Waals surface area contributed by atoms with E-state index in [4.69, 9.17) is 5.73 Å². The van der Waals surface area contributed by atoms with Crippen molar-refractivity contribution < 1.29 is 4.79 Å². The van der Waals surface area contributed by atoms with E-state index in [1.807, 2.05) is 11.9 Å². The van der Waals surface area contributed by atoms with E-state index in [1.165, 1.54) is 19.3 Å². The van der Waals surface area contributed by atoms with E-state index >= 15 is 0 Å². The van der Waals surface area contributed by atoms with Gasteiger partial charge in [-0.3, -0.25) is 4.79 Å².